The molecular formula is C13H17N3O4. The number of ether oxygens (including phenoxy) is 3. The van der Waals surface area contributed by atoms with Crippen LogP contribution in [0.4, 0.5) is 0 Å². The summed E-state index contributed by atoms with van der Waals surface area (Å²) in [6.45, 7) is 5.13. The van der Waals surface area contributed by atoms with E-state index in [0.29, 0.717) is 5.88 Å². The summed E-state index contributed by atoms with van der Waals surface area (Å²) >= 11 is 0. The molecule has 0 bridgehead atoms. The van der Waals surface area contributed by atoms with Gasteiger partial charge in [0.2, 0.25) is 5.90 Å². The first-order valence-electron chi connectivity index (χ1n) is 5.84. The molecule has 0 unspecified atom stereocenters. The number of carbonyl (C=O) groups is 1. The average molecular weight is 279 g/mol. The first-order valence-corrected chi connectivity index (χ1v) is 5.84. The minimum absolute atomic E-state index is 0.0259. The number of aliphatic imine (C=N–C) groups is 1. The zero-order valence-electron chi connectivity index (χ0n) is 12.1. The standard InChI is InChI=1S/C13H17N3O4/c1-13(2,3)20-12(17)8(7-14)11-15-9(18-4)6-10(16-11)19-5/h6,15H,1-5H3/b11-8+. The molecule has 0 aliphatic carbocycles. The number of esters is 1. The van der Waals surface area contributed by atoms with Gasteiger partial charge in [-0.2, -0.15) is 10.3 Å². The van der Waals surface area contributed by atoms with E-state index in [2.05, 4.69) is 10.3 Å². The Bertz CT molecular complexity index is 533. The molecule has 0 saturated heterocycles. The summed E-state index contributed by atoms with van der Waals surface area (Å²) in [5.41, 5.74) is -0.959. The number of nitrogens with zero attached hydrogens (tertiary/aromatic N) is 2. The Balaban J connectivity index is 3.15. The monoisotopic (exact) mass is 279 g/mol. The van der Waals surface area contributed by atoms with Gasteiger partial charge in [-0.1, -0.05) is 0 Å². The maximum Gasteiger partial charge on any atom is 0.353 e. The fraction of sp³-hybridized carbons (Fsp3) is 0.462. The number of nitrogens with one attached hydrogen (secondary N) is 1. The second-order valence-electron chi connectivity index (χ2n) is 4.83. The lowest BCUT2D eigenvalue weighted by atomic mass is 10.2. The van der Waals surface area contributed by atoms with Crippen molar-refractivity contribution in [2.75, 3.05) is 14.2 Å². The minimum atomic E-state index is -0.765. The van der Waals surface area contributed by atoms with E-state index in [9.17, 15) is 4.79 Å². The van der Waals surface area contributed by atoms with Crippen LogP contribution >= 0.6 is 0 Å². The molecule has 0 radical (unpaired) electrons. The van der Waals surface area contributed by atoms with E-state index in [-0.39, 0.29) is 17.3 Å². The molecule has 0 spiro atoms. The number of methoxy groups -OCH3 is 2. The Labute approximate surface area is 117 Å². The van der Waals surface area contributed by atoms with Gasteiger partial charge in [0, 0.05) is 0 Å². The van der Waals surface area contributed by atoms with Crippen molar-refractivity contribution in [3.63, 3.8) is 0 Å². The molecule has 1 aliphatic heterocycles. The van der Waals surface area contributed by atoms with Gasteiger partial charge in [-0.15, -0.1) is 0 Å². The molecule has 7 nitrogen and oxygen atoms in total. The van der Waals surface area contributed by atoms with Crippen molar-refractivity contribution in [3.05, 3.63) is 23.4 Å². The van der Waals surface area contributed by atoms with Gasteiger partial charge in [-0.3, -0.25) is 0 Å². The molecule has 1 rings (SSSR count). The topological polar surface area (TPSA) is 92.9 Å². The third-order valence-electron chi connectivity index (χ3n) is 2.10. The van der Waals surface area contributed by atoms with Crippen molar-refractivity contribution in [2.45, 2.75) is 26.4 Å². The van der Waals surface area contributed by atoms with E-state index in [1.54, 1.807) is 26.8 Å². The second-order valence-corrected chi connectivity index (χ2v) is 4.83. The molecule has 20 heavy (non-hydrogen) atoms. The molecule has 1 aliphatic rings. The predicted molar refractivity (Wildman–Crippen MR) is 71.2 cm³/mol. The Hall–Kier alpha value is -2.49. The predicted octanol–water partition coefficient (Wildman–Crippen LogP) is 1.20. The highest BCUT2D eigenvalue weighted by Gasteiger charge is 2.25. The van der Waals surface area contributed by atoms with Crippen LogP contribution in [0.2, 0.25) is 0 Å². The third-order valence-corrected chi connectivity index (χ3v) is 2.10. The van der Waals surface area contributed by atoms with Gasteiger partial charge in [0.05, 0.1) is 20.3 Å². The maximum absolute atomic E-state index is 12.0. The molecule has 0 aromatic carbocycles. The normalized spacial score (nSPS) is 17.0. The molecular weight excluding hydrogens is 262 g/mol. The van der Waals surface area contributed by atoms with Crippen molar-refractivity contribution in [3.8, 4) is 6.07 Å². The van der Waals surface area contributed by atoms with E-state index in [4.69, 9.17) is 19.5 Å². The number of hydrogen-bond acceptors (Lipinski definition) is 7. The van der Waals surface area contributed by atoms with Crippen molar-refractivity contribution in [2.24, 2.45) is 4.99 Å². The molecule has 0 aromatic rings. The lowest BCUT2D eigenvalue weighted by Crippen LogP contribution is -2.28. The summed E-state index contributed by atoms with van der Waals surface area (Å²) in [5.74, 6) is -0.216. The smallest absolute Gasteiger partial charge is 0.353 e. The van der Waals surface area contributed by atoms with Crippen molar-refractivity contribution in [1.82, 2.24) is 5.32 Å². The Kier molecular flexibility index (Phi) is 4.75. The highest BCUT2D eigenvalue weighted by Crippen LogP contribution is 2.16. The van der Waals surface area contributed by atoms with Crippen molar-refractivity contribution < 1.29 is 19.0 Å². The van der Waals surface area contributed by atoms with Gasteiger partial charge in [-0.25, -0.2) is 4.79 Å². The molecule has 1 N–H and O–H groups in total. The molecule has 1 heterocycles. The van der Waals surface area contributed by atoms with Crippen LogP contribution in [-0.4, -0.2) is 31.7 Å². The van der Waals surface area contributed by atoms with Gasteiger partial charge < -0.3 is 19.5 Å². The minimum Gasteiger partial charge on any atom is -0.482 e. The van der Waals surface area contributed by atoms with Crippen LogP contribution in [0, 0.1) is 11.3 Å². The number of carbonyl (C=O) groups excluding carboxylic acids is 1. The lowest BCUT2D eigenvalue weighted by molar-refractivity contribution is -0.149. The largest absolute Gasteiger partial charge is 0.482 e. The highest BCUT2D eigenvalue weighted by atomic mass is 16.6. The van der Waals surface area contributed by atoms with Crippen molar-refractivity contribution in [1.29, 1.82) is 5.26 Å². The zero-order chi connectivity index (χ0) is 15.3. The quantitative estimate of drug-likeness (QED) is 0.464. The Morgan fingerprint density at radius 3 is 2.45 bits per heavy atom. The molecule has 0 amide bonds. The summed E-state index contributed by atoms with van der Waals surface area (Å²) in [4.78, 5) is 16.0. The molecule has 0 atom stereocenters. The fourth-order valence-corrected chi connectivity index (χ4v) is 1.29. The van der Waals surface area contributed by atoms with Gasteiger partial charge in [0.25, 0.3) is 0 Å². The van der Waals surface area contributed by atoms with Crippen LogP contribution in [0.15, 0.2) is 28.3 Å². The van der Waals surface area contributed by atoms with E-state index in [1.807, 2.05) is 0 Å². The van der Waals surface area contributed by atoms with Crippen LogP contribution in [0.25, 0.3) is 0 Å². The Morgan fingerprint density at radius 1 is 1.35 bits per heavy atom. The van der Waals surface area contributed by atoms with E-state index in [0.717, 1.165) is 0 Å². The maximum atomic E-state index is 12.0. The molecule has 0 saturated carbocycles. The van der Waals surface area contributed by atoms with Crippen molar-refractivity contribution >= 4 is 11.9 Å². The summed E-state index contributed by atoms with van der Waals surface area (Å²) in [7, 11) is 2.86. The number of rotatable bonds is 2. The SMILES string of the molecule is COC1=CC(OC)=N/C(=C(\C#N)C(=O)OC(C)(C)C)N1. The third kappa shape index (κ3) is 4.02. The summed E-state index contributed by atoms with van der Waals surface area (Å²) in [6, 6.07) is 1.78. The van der Waals surface area contributed by atoms with Crippen LogP contribution in [-0.2, 0) is 19.0 Å². The van der Waals surface area contributed by atoms with Crippen LogP contribution in [0.5, 0.6) is 0 Å². The molecule has 108 valence electrons. The fourth-order valence-electron chi connectivity index (χ4n) is 1.29. The molecule has 7 heteroatoms. The van der Waals surface area contributed by atoms with Gasteiger partial charge in [0.15, 0.2) is 17.3 Å². The van der Waals surface area contributed by atoms with E-state index in [1.165, 1.54) is 20.3 Å². The highest BCUT2D eigenvalue weighted by molar-refractivity contribution is 5.96. The van der Waals surface area contributed by atoms with E-state index < -0.39 is 11.6 Å². The molecule has 0 aromatic heterocycles. The first kappa shape index (κ1) is 15.6. The van der Waals surface area contributed by atoms with Gasteiger partial charge in [0.1, 0.15) is 11.7 Å². The first-order chi connectivity index (χ1) is 9.30. The average Bonchev–Trinajstić information content (AvgIpc) is 2.37. The van der Waals surface area contributed by atoms with Gasteiger partial charge >= 0.3 is 5.97 Å². The van der Waals surface area contributed by atoms with Gasteiger partial charge in [-0.05, 0) is 20.8 Å². The lowest BCUT2D eigenvalue weighted by Gasteiger charge is -2.20. The van der Waals surface area contributed by atoms with Crippen LogP contribution < -0.4 is 5.32 Å². The Morgan fingerprint density at radius 2 is 2.00 bits per heavy atom. The van der Waals surface area contributed by atoms with Crippen LogP contribution in [0.1, 0.15) is 20.8 Å². The molecule has 0 fully saturated rings. The zero-order valence-corrected chi connectivity index (χ0v) is 12.1. The van der Waals surface area contributed by atoms with E-state index >= 15 is 0 Å². The summed E-state index contributed by atoms with van der Waals surface area (Å²) < 4.78 is 15.2. The number of nitriles is 1. The second kappa shape index (κ2) is 6.10. The van der Waals surface area contributed by atoms with Crippen LogP contribution in [0.3, 0.4) is 0 Å². The number of hydrogen-bond donors (Lipinski definition) is 1. The summed E-state index contributed by atoms with van der Waals surface area (Å²) in [5, 5.41) is 11.9. The summed E-state index contributed by atoms with van der Waals surface area (Å²) in [6.07, 6.45) is 1.49.